The molecule has 0 aromatic rings. The summed E-state index contributed by atoms with van der Waals surface area (Å²) in [5.74, 6) is -27.2. The third-order valence-electron chi connectivity index (χ3n) is 2.44. The lowest BCUT2D eigenvalue weighted by Crippen LogP contribution is -2.68. The van der Waals surface area contributed by atoms with Crippen LogP contribution in [-0.4, -0.2) is 23.7 Å². The Hall–Kier alpha value is -1.36. The van der Waals surface area contributed by atoms with Crippen molar-refractivity contribution >= 4 is 0 Å². The first-order chi connectivity index (χ1) is 8.64. The van der Waals surface area contributed by atoms with Gasteiger partial charge in [0.25, 0.3) is 12.2 Å². The van der Waals surface area contributed by atoms with Crippen LogP contribution in [0.2, 0.25) is 0 Å². The van der Waals surface area contributed by atoms with Crippen LogP contribution in [0.3, 0.4) is 0 Å². The SMILES string of the molecule is FC(F)=C1C(=C(F)F)C(F)(F)C(F)(F)C(F)(F)C1(F)F. The normalized spacial score (nSPS) is 26.4. The predicted octanol–water partition coefficient (Wildman–Crippen LogP) is 4.84. The average molecular weight is 324 g/mol. The van der Waals surface area contributed by atoms with E-state index < -0.39 is 47.0 Å². The topological polar surface area (TPSA) is 0 Å². The molecule has 0 radical (unpaired) electrons. The lowest BCUT2D eigenvalue weighted by Gasteiger charge is -2.43. The Labute approximate surface area is 101 Å². The lowest BCUT2D eigenvalue weighted by atomic mass is 9.78. The quantitative estimate of drug-likeness (QED) is 0.559. The van der Waals surface area contributed by atoms with Crippen molar-refractivity contribution < 1.29 is 52.7 Å². The summed E-state index contributed by atoms with van der Waals surface area (Å²) in [6, 6.07) is 0. The van der Waals surface area contributed by atoms with E-state index in [1.54, 1.807) is 0 Å². The third-order valence-corrected chi connectivity index (χ3v) is 2.44. The predicted molar refractivity (Wildman–Crippen MR) is 38.3 cm³/mol. The van der Waals surface area contributed by atoms with Crippen LogP contribution in [0, 0.1) is 0 Å². The van der Waals surface area contributed by atoms with Gasteiger partial charge < -0.3 is 0 Å². The smallest absolute Gasteiger partial charge is 0.194 e. The van der Waals surface area contributed by atoms with Crippen molar-refractivity contribution in [1.29, 1.82) is 0 Å². The van der Waals surface area contributed by atoms with Gasteiger partial charge >= 0.3 is 23.7 Å². The van der Waals surface area contributed by atoms with E-state index in [-0.39, 0.29) is 0 Å². The Balaban J connectivity index is 3.93. The van der Waals surface area contributed by atoms with Crippen LogP contribution < -0.4 is 0 Å². The first-order valence-electron chi connectivity index (χ1n) is 4.27. The minimum absolute atomic E-state index is 3.81. The van der Waals surface area contributed by atoms with Gasteiger partial charge in [0.1, 0.15) is 11.1 Å². The highest BCUT2D eigenvalue weighted by molar-refractivity contribution is 5.50. The first-order valence-corrected chi connectivity index (χ1v) is 4.27. The standard InChI is InChI=1S/C8F12/c9-3(10)1-2(4(11)12)6(15,16)8(19,20)7(17,18)5(1,13)14. The summed E-state index contributed by atoms with van der Waals surface area (Å²) in [6.07, 6.45) is -8.10. The lowest BCUT2D eigenvalue weighted by molar-refractivity contribution is -0.362. The fraction of sp³-hybridized carbons (Fsp3) is 0.500. The molecule has 0 bridgehead atoms. The molecule has 12 heteroatoms. The van der Waals surface area contributed by atoms with E-state index in [0.29, 0.717) is 0 Å². The van der Waals surface area contributed by atoms with E-state index >= 15 is 0 Å². The molecule has 0 aromatic carbocycles. The van der Waals surface area contributed by atoms with E-state index in [2.05, 4.69) is 0 Å². The van der Waals surface area contributed by atoms with Gasteiger partial charge in [-0.05, 0) is 0 Å². The Morgan fingerprint density at radius 1 is 0.500 bits per heavy atom. The summed E-state index contributed by atoms with van der Waals surface area (Å²) in [5, 5.41) is 0. The minimum atomic E-state index is -7.00. The maximum atomic E-state index is 12.9. The van der Waals surface area contributed by atoms with Crippen LogP contribution in [-0.2, 0) is 0 Å². The molecule has 1 fully saturated rings. The van der Waals surface area contributed by atoms with Crippen LogP contribution >= 0.6 is 0 Å². The molecular weight excluding hydrogens is 324 g/mol. The van der Waals surface area contributed by atoms with Crippen LogP contribution in [0.15, 0.2) is 23.3 Å². The molecule has 0 N–H and O–H groups in total. The number of allylic oxidation sites excluding steroid dienone is 2. The molecule has 0 spiro atoms. The second-order valence-corrected chi connectivity index (χ2v) is 3.57. The summed E-state index contributed by atoms with van der Waals surface area (Å²) in [7, 11) is 0. The summed E-state index contributed by atoms with van der Waals surface area (Å²) in [5.41, 5.74) is -7.61. The van der Waals surface area contributed by atoms with Crippen molar-refractivity contribution in [2.45, 2.75) is 23.7 Å². The Morgan fingerprint density at radius 3 is 0.850 bits per heavy atom. The van der Waals surface area contributed by atoms with E-state index in [4.69, 9.17) is 0 Å². The Bertz CT molecular complexity index is 442. The molecule has 0 nitrogen and oxygen atoms in total. The van der Waals surface area contributed by atoms with Gasteiger partial charge in [0.2, 0.25) is 0 Å². The molecule has 0 amide bonds. The summed E-state index contributed by atoms with van der Waals surface area (Å²) in [4.78, 5) is 0. The summed E-state index contributed by atoms with van der Waals surface area (Å²) >= 11 is 0. The van der Waals surface area contributed by atoms with Gasteiger partial charge in [0.05, 0.1) is 0 Å². The molecule has 0 atom stereocenters. The molecule has 1 aliphatic rings. The minimum Gasteiger partial charge on any atom is -0.194 e. The average Bonchev–Trinajstić information content (AvgIpc) is 2.21. The van der Waals surface area contributed by atoms with Crippen molar-refractivity contribution in [3.63, 3.8) is 0 Å². The molecule has 0 heterocycles. The second kappa shape index (κ2) is 4.07. The molecule has 1 saturated carbocycles. The maximum Gasteiger partial charge on any atom is 0.383 e. The van der Waals surface area contributed by atoms with Gasteiger partial charge in [-0.3, -0.25) is 0 Å². The van der Waals surface area contributed by atoms with E-state index in [1.165, 1.54) is 0 Å². The molecule has 0 aliphatic heterocycles. The Morgan fingerprint density at radius 2 is 0.700 bits per heavy atom. The zero-order valence-electron chi connectivity index (χ0n) is 8.54. The largest absolute Gasteiger partial charge is 0.383 e. The van der Waals surface area contributed by atoms with Crippen molar-refractivity contribution in [3.8, 4) is 0 Å². The van der Waals surface area contributed by atoms with Gasteiger partial charge in [0.15, 0.2) is 0 Å². The molecule has 0 unspecified atom stereocenters. The van der Waals surface area contributed by atoms with Crippen molar-refractivity contribution in [3.05, 3.63) is 23.3 Å². The number of hydrogen-bond donors (Lipinski definition) is 0. The van der Waals surface area contributed by atoms with Crippen LogP contribution in [0.4, 0.5) is 52.7 Å². The molecule has 0 aromatic heterocycles. The molecule has 20 heavy (non-hydrogen) atoms. The molecule has 1 rings (SSSR count). The molecule has 116 valence electrons. The molecule has 1 aliphatic carbocycles. The van der Waals surface area contributed by atoms with Crippen molar-refractivity contribution in [1.82, 2.24) is 0 Å². The van der Waals surface area contributed by atoms with E-state index in [0.717, 1.165) is 0 Å². The number of alkyl halides is 8. The van der Waals surface area contributed by atoms with E-state index in [9.17, 15) is 52.7 Å². The van der Waals surface area contributed by atoms with Gasteiger partial charge in [0, 0.05) is 0 Å². The summed E-state index contributed by atoms with van der Waals surface area (Å²) < 4.78 is 151. The van der Waals surface area contributed by atoms with Crippen LogP contribution in [0.25, 0.3) is 0 Å². The van der Waals surface area contributed by atoms with Crippen molar-refractivity contribution in [2.75, 3.05) is 0 Å². The summed E-state index contributed by atoms with van der Waals surface area (Å²) in [6.45, 7) is 0. The van der Waals surface area contributed by atoms with Crippen LogP contribution in [0.5, 0.6) is 0 Å². The zero-order valence-corrected chi connectivity index (χ0v) is 8.54. The van der Waals surface area contributed by atoms with Gasteiger partial charge in [-0.2, -0.15) is 52.7 Å². The first kappa shape index (κ1) is 16.7. The third kappa shape index (κ3) is 1.65. The Kier molecular flexibility index (Phi) is 3.40. The maximum absolute atomic E-state index is 12.9. The number of hydrogen-bond acceptors (Lipinski definition) is 0. The fourth-order valence-electron chi connectivity index (χ4n) is 1.45. The van der Waals surface area contributed by atoms with Gasteiger partial charge in [-0.15, -0.1) is 0 Å². The second-order valence-electron chi connectivity index (χ2n) is 3.57. The van der Waals surface area contributed by atoms with Gasteiger partial charge in [-0.1, -0.05) is 0 Å². The number of halogens is 12. The molecular formula is C8F12. The monoisotopic (exact) mass is 324 g/mol. The highest BCUT2D eigenvalue weighted by atomic mass is 19.4. The van der Waals surface area contributed by atoms with Crippen molar-refractivity contribution in [2.24, 2.45) is 0 Å². The van der Waals surface area contributed by atoms with Crippen LogP contribution in [0.1, 0.15) is 0 Å². The zero-order chi connectivity index (χ0) is 16.3. The highest BCUT2D eigenvalue weighted by Crippen LogP contribution is 2.64. The number of rotatable bonds is 0. The van der Waals surface area contributed by atoms with E-state index in [1.807, 2.05) is 0 Å². The molecule has 0 saturated heterocycles. The fourth-order valence-corrected chi connectivity index (χ4v) is 1.45. The van der Waals surface area contributed by atoms with Gasteiger partial charge in [-0.25, -0.2) is 0 Å². The highest BCUT2D eigenvalue weighted by Gasteiger charge is 2.88.